The van der Waals surface area contributed by atoms with Crippen molar-refractivity contribution >= 4 is 16.9 Å². The van der Waals surface area contributed by atoms with Gasteiger partial charge in [-0.1, -0.05) is 30.3 Å². The van der Waals surface area contributed by atoms with Crippen LogP contribution in [0.2, 0.25) is 0 Å². The Kier molecular flexibility index (Phi) is 4.01. The topological polar surface area (TPSA) is 48.4 Å². The summed E-state index contributed by atoms with van der Waals surface area (Å²) in [4.78, 5) is 16.3. The Balaban J connectivity index is 1.72. The lowest BCUT2D eigenvalue weighted by molar-refractivity contribution is -0.136. The molecule has 0 aliphatic heterocycles. The van der Waals surface area contributed by atoms with Crippen LogP contribution >= 0.6 is 0 Å². The molecule has 22 heavy (non-hydrogen) atoms. The molecule has 0 radical (unpaired) electrons. The minimum Gasteiger partial charge on any atom is -0.481 e. The molecular weight excluding hydrogens is 278 g/mol. The summed E-state index contributed by atoms with van der Waals surface area (Å²) in [6.45, 7) is 1.74. The third kappa shape index (κ3) is 3.23. The zero-order chi connectivity index (χ0) is 15.4. The first-order valence-corrected chi connectivity index (χ1v) is 6.97. The molecule has 0 aliphatic carbocycles. The van der Waals surface area contributed by atoms with Crippen molar-refractivity contribution in [3.8, 4) is 11.5 Å². The van der Waals surface area contributed by atoms with Crippen molar-refractivity contribution in [2.24, 2.45) is 0 Å². The molecule has 4 nitrogen and oxygen atoms in total. The van der Waals surface area contributed by atoms with Crippen LogP contribution in [0.3, 0.4) is 0 Å². The van der Waals surface area contributed by atoms with E-state index in [1.54, 1.807) is 12.1 Å². The predicted molar refractivity (Wildman–Crippen MR) is 84.1 cm³/mol. The number of aromatic nitrogens is 1. The van der Waals surface area contributed by atoms with Gasteiger partial charge in [0, 0.05) is 17.1 Å². The van der Waals surface area contributed by atoms with Gasteiger partial charge in [-0.05, 0) is 31.2 Å². The number of nitrogens with zero attached hydrogens (tertiary/aromatic N) is 1. The Labute approximate surface area is 128 Å². The second-order valence-corrected chi connectivity index (χ2v) is 4.85. The van der Waals surface area contributed by atoms with E-state index in [2.05, 4.69) is 4.98 Å². The maximum Gasteiger partial charge on any atom is 0.349 e. The molecule has 0 saturated carbocycles. The van der Waals surface area contributed by atoms with E-state index in [1.165, 1.54) is 0 Å². The average Bonchev–Trinajstić information content (AvgIpc) is 2.53. The molecule has 2 aromatic carbocycles. The maximum atomic E-state index is 11.8. The summed E-state index contributed by atoms with van der Waals surface area (Å²) in [6.07, 6.45) is 0. The fraction of sp³-hybridized carbons (Fsp3) is 0.111. The van der Waals surface area contributed by atoms with Crippen LogP contribution in [0, 0.1) is 6.92 Å². The van der Waals surface area contributed by atoms with Crippen LogP contribution in [0.15, 0.2) is 60.7 Å². The summed E-state index contributed by atoms with van der Waals surface area (Å²) in [5, 5.41) is 0.876. The molecule has 1 heterocycles. The van der Waals surface area contributed by atoms with Crippen molar-refractivity contribution in [2.45, 2.75) is 6.92 Å². The van der Waals surface area contributed by atoms with Crippen molar-refractivity contribution in [3.63, 3.8) is 0 Å². The van der Waals surface area contributed by atoms with Gasteiger partial charge in [0.25, 0.3) is 0 Å². The predicted octanol–water partition coefficient (Wildman–Crippen LogP) is 3.53. The van der Waals surface area contributed by atoms with Gasteiger partial charge in [0.2, 0.25) is 0 Å². The number of aryl methyl sites for hydroxylation is 1. The van der Waals surface area contributed by atoms with Gasteiger partial charge in [-0.2, -0.15) is 0 Å². The largest absolute Gasteiger partial charge is 0.481 e. The number of esters is 1. The van der Waals surface area contributed by atoms with Crippen molar-refractivity contribution in [1.29, 1.82) is 0 Å². The first-order chi connectivity index (χ1) is 10.7. The SMILES string of the molecule is Cc1cc(OCC(=O)Oc2ccccc2)c2ccccc2n1. The minimum absolute atomic E-state index is 0.150. The Morgan fingerprint density at radius 1 is 1.05 bits per heavy atom. The van der Waals surface area contributed by atoms with Crippen LogP contribution < -0.4 is 9.47 Å². The summed E-state index contributed by atoms with van der Waals surface area (Å²) < 4.78 is 10.8. The fourth-order valence-corrected chi connectivity index (χ4v) is 2.17. The zero-order valence-corrected chi connectivity index (χ0v) is 12.2. The summed E-state index contributed by atoms with van der Waals surface area (Å²) >= 11 is 0. The monoisotopic (exact) mass is 293 g/mol. The van der Waals surface area contributed by atoms with E-state index in [9.17, 15) is 4.79 Å². The lowest BCUT2D eigenvalue weighted by atomic mass is 10.2. The molecule has 0 bridgehead atoms. The highest BCUT2D eigenvalue weighted by Crippen LogP contribution is 2.25. The van der Waals surface area contributed by atoms with Gasteiger partial charge >= 0.3 is 5.97 Å². The number of hydrogen-bond acceptors (Lipinski definition) is 4. The maximum absolute atomic E-state index is 11.8. The van der Waals surface area contributed by atoms with Gasteiger partial charge < -0.3 is 9.47 Å². The number of ether oxygens (including phenoxy) is 2. The van der Waals surface area contributed by atoms with E-state index >= 15 is 0 Å². The highest BCUT2D eigenvalue weighted by Gasteiger charge is 2.09. The molecule has 0 unspecified atom stereocenters. The highest BCUT2D eigenvalue weighted by atomic mass is 16.6. The van der Waals surface area contributed by atoms with Crippen LogP contribution in [0.5, 0.6) is 11.5 Å². The van der Waals surface area contributed by atoms with Crippen molar-refractivity contribution < 1.29 is 14.3 Å². The molecule has 0 atom stereocenters. The van der Waals surface area contributed by atoms with E-state index in [0.717, 1.165) is 16.6 Å². The molecule has 0 amide bonds. The Bertz CT molecular complexity index is 800. The Hall–Kier alpha value is -2.88. The molecule has 1 aromatic heterocycles. The summed E-state index contributed by atoms with van der Waals surface area (Å²) in [6, 6.07) is 18.4. The van der Waals surface area contributed by atoms with Gasteiger partial charge in [0.15, 0.2) is 6.61 Å². The number of hydrogen-bond donors (Lipinski definition) is 0. The highest BCUT2D eigenvalue weighted by molar-refractivity contribution is 5.85. The Morgan fingerprint density at radius 2 is 1.77 bits per heavy atom. The number of rotatable bonds is 4. The van der Waals surface area contributed by atoms with Crippen molar-refractivity contribution in [1.82, 2.24) is 4.98 Å². The van der Waals surface area contributed by atoms with Gasteiger partial charge in [-0.15, -0.1) is 0 Å². The van der Waals surface area contributed by atoms with Crippen LogP contribution in [0.1, 0.15) is 5.69 Å². The molecule has 0 saturated heterocycles. The van der Waals surface area contributed by atoms with Crippen LogP contribution in [-0.4, -0.2) is 17.6 Å². The lowest BCUT2D eigenvalue weighted by Crippen LogP contribution is -2.17. The number of carbonyl (C=O) groups is 1. The lowest BCUT2D eigenvalue weighted by Gasteiger charge is -2.10. The van der Waals surface area contributed by atoms with Crippen LogP contribution in [0.4, 0.5) is 0 Å². The third-order valence-electron chi connectivity index (χ3n) is 3.13. The normalized spacial score (nSPS) is 10.4. The molecular formula is C18H15NO3. The molecule has 110 valence electrons. The molecule has 0 spiro atoms. The second-order valence-electron chi connectivity index (χ2n) is 4.85. The number of benzene rings is 2. The minimum atomic E-state index is -0.440. The number of pyridine rings is 1. The third-order valence-corrected chi connectivity index (χ3v) is 3.13. The zero-order valence-electron chi connectivity index (χ0n) is 12.2. The van der Waals surface area contributed by atoms with Crippen LogP contribution in [-0.2, 0) is 4.79 Å². The molecule has 3 aromatic rings. The number of carbonyl (C=O) groups excluding carboxylic acids is 1. The molecule has 0 aliphatic rings. The van der Waals surface area contributed by atoms with Crippen molar-refractivity contribution in [3.05, 3.63) is 66.4 Å². The fourth-order valence-electron chi connectivity index (χ4n) is 2.17. The van der Waals surface area contributed by atoms with Crippen molar-refractivity contribution in [2.75, 3.05) is 6.61 Å². The van der Waals surface area contributed by atoms with Gasteiger partial charge in [0.1, 0.15) is 11.5 Å². The van der Waals surface area contributed by atoms with E-state index in [-0.39, 0.29) is 6.61 Å². The Morgan fingerprint density at radius 3 is 2.59 bits per heavy atom. The van der Waals surface area contributed by atoms with Crippen LogP contribution in [0.25, 0.3) is 10.9 Å². The summed E-state index contributed by atoms with van der Waals surface area (Å²) in [7, 11) is 0. The molecule has 4 heteroatoms. The standard InChI is InChI=1S/C18H15NO3/c1-13-11-17(15-9-5-6-10-16(15)19-13)21-12-18(20)22-14-7-3-2-4-8-14/h2-11H,12H2,1H3. The van der Waals surface area contributed by atoms with E-state index in [4.69, 9.17) is 9.47 Å². The smallest absolute Gasteiger partial charge is 0.349 e. The summed E-state index contributed by atoms with van der Waals surface area (Å²) in [5.41, 5.74) is 1.68. The van der Waals surface area contributed by atoms with Gasteiger partial charge in [-0.3, -0.25) is 4.98 Å². The quantitative estimate of drug-likeness (QED) is 0.545. The molecule has 0 fully saturated rings. The average molecular weight is 293 g/mol. The van der Waals surface area contributed by atoms with E-state index in [0.29, 0.717) is 11.5 Å². The number of fused-ring (bicyclic) bond motifs is 1. The van der Waals surface area contributed by atoms with E-state index < -0.39 is 5.97 Å². The first kappa shape index (κ1) is 14.1. The van der Waals surface area contributed by atoms with Gasteiger partial charge in [0.05, 0.1) is 5.52 Å². The number of para-hydroxylation sites is 2. The van der Waals surface area contributed by atoms with E-state index in [1.807, 2.05) is 55.5 Å². The van der Waals surface area contributed by atoms with Gasteiger partial charge in [-0.25, -0.2) is 4.79 Å². The first-order valence-electron chi connectivity index (χ1n) is 6.97. The second kappa shape index (κ2) is 6.26. The molecule has 0 N–H and O–H groups in total. The molecule has 3 rings (SSSR count). The summed E-state index contributed by atoms with van der Waals surface area (Å²) in [5.74, 6) is 0.699.